The number of alkyl halides is 1. The minimum Gasteiger partial charge on any atom is -0.354 e. The number of nitrogens with zero attached hydrogens (tertiary/aromatic N) is 4. The van der Waals surface area contributed by atoms with E-state index in [1.165, 1.54) is 0 Å². The van der Waals surface area contributed by atoms with Crippen molar-refractivity contribution in [3.8, 4) is 0 Å². The average Bonchev–Trinajstić information content (AvgIpc) is 2.82. The number of aromatic nitrogens is 3. The molecule has 0 aliphatic carbocycles. The Morgan fingerprint density at radius 2 is 2.05 bits per heavy atom. The molecule has 0 bridgehead atoms. The fraction of sp³-hybridized carbons (Fsp3) is 0.600. The molecule has 20 heavy (non-hydrogen) atoms. The van der Waals surface area contributed by atoms with Crippen LogP contribution in [-0.2, 0) is 5.41 Å². The fourth-order valence-electron chi connectivity index (χ4n) is 2.21. The van der Waals surface area contributed by atoms with Crippen molar-refractivity contribution in [1.82, 2.24) is 14.6 Å². The molecule has 0 radical (unpaired) electrons. The van der Waals surface area contributed by atoms with E-state index in [-0.39, 0.29) is 5.41 Å². The van der Waals surface area contributed by atoms with Crippen LogP contribution in [0.15, 0.2) is 18.5 Å². The first-order valence-corrected chi connectivity index (χ1v) is 8.25. The van der Waals surface area contributed by atoms with E-state index in [0.717, 1.165) is 41.9 Å². The highest BCUT2D eigenvalue weighted by atomic mass is 79.9. The van der Waals surface area contributed by atoms with Gasteiger partial charge in [-0.2, -0.15) is 5.10 Å². The summed E-state index contributed by atoms with van der Waals surface area (Å²) in [6.45, 7) is 10.7. The monoisotopic (exact) mass is 338 g/mol. The molecule has 0 aliphatic heterocycles. The highest BCUT2D eigenvalue weighted by molar-refractivity contribution is 9.09. The normalized spacial score (nSPS) is 12.1. The van der Waals surface area contributed by atoms with Crippen LogP contribution in [-0.4, -0.2) is 33.0 Å². The second-order valence-corrected chi connectivity index (χ2v) is 6.83. The van der Waals surface area contributed by atoms with Gasteiger partial charge in [-0.1, -0.05) is 43.6 Å². The van der Waals surface area contributed by atoms with E-state index in [1.54, 1.807) is 0 Å². The second-order valence-electron chi connectivity index (χ2n) is 6.04. The van der Waals surface area contributed by atoms with Crippen molar-refractivity contribution in [2.24, 2.45) is 0 Å². The van der Waals surface area contributed by atoms with Gasteiger partial charge in [0, 0.05) is 36.2 Å². The average molecular weight is 339 g/mol. The third-order valence-electron chi connectivity index (χ3n) is 3.29. The number of rotatable bonds is 5. The van der Waals surface area contributed by atoms with Crippen molar-refractivity contribution in [2.75, 3.05) is 23.3 Å². The molecular formula is C15H23BrN4. The summed E-state index contributed by atoms with van der Waals surface area (Å²) in [5.74, 6) is 1.02. The Kier molecular flexibility index (Phi) is 4.68. The summed E-state index contributed by atoms with van der Waals surface area (Å²) in [6.07, 6.45) is 4.86. The summed E-state index contributed by atoms with van der Waals surface area (Å²) >= 11 is 3.53. The highest BCUT2D eigenvalue weighted by Crippen LogP contribution is 2.26. The highest BCUT2D eigenvalue weighted by Gasteiger charge is 2.20. The van der Waals surface area contributed by atoms with Crippen LogP contribution in [0.1, 0.15) is 39.8 Å². The van der Waals surface area contributed by atoms with E-state index in [1.807, 2.05) is 16.9 Å². The van der Waals surface area contributed by atoms with Gasteiger partial charge in [0.2, 0.25) is 0 Å². The SMILES string of the molecule is CCCN(CCBr)c1nccn2nc(C(C)(C)C)cc12. The lowest BCUT2D eigenvalue weighted by Crippen LogP contribution is -2.27. The van der Waals surface area contributed by atoms with Gasteiger partial charge >= 0.3 is 0 Å². The number of hydrogen-bond acceptors (Lipinski definition) is 3. The maximum Gasteiger partial charge on any atom is 0.154 e. The maximum absolute atomic E-state index is 4.69. The number of hydrogen-bond donors (Lipinski definition) is 0. The fourth-order valence-corrected chi connectivity index (χ4v) is 2.64. The molecule has 0 aliphatic rings. The molecule has 2 rings (SSSR count). The smallest absolute Gasteiger partial charge is 0.154 e. The molecule has 2 aromatic rings. The van der Waals surface area contributed by atoms with Crippen LogP contribution in [0.25, 0.3) is 5.52 Å². The Bertz CT molecular complexity index is 565. The van der Waals surface area contributed by atoms with Gasteiger partial charge in [-0.3, -0.25) is 0 Å². The topological polar surface area (TPSA) is 33.4 Å². The molecule has 0 saturated heterocycles. The largest absolute Gasteiger partial charge is 0.354 e. The van der Waals surface area contributed by atoms with E-state index in [9.17, 15) is 0 Å². The Morgan fingerprint density at radius 3 is 2.65 bits per heavy atom. The molecule has 5 heteroatoms. The van der Waals surface area contributed by atoms with E-state index in [2.05, 4.69) is 64.7 Å². The molecule has 0 atom stereocenters. The van der Waals surface area contributed by atoms with Crippen LogP contribution < -0.4 is 4.90 Å². The predicted molar refractivity (Wildman–Crippen MR) is 88.0 cm³/mol. The molecule has 2 aromatic heterocycles. The quantitative estimate of drug-likeness (QED) is 0.780. The minimum atomic E-state index is 0.0499. The molecule has 0 N–H and O–H groups in total. The summed E-state index contributed by atoms with van der Waals surface area (Å²) in [5.41, 5.74) is 2.24. The van der Waals surface area contributed by atoms with Gasteiger partial charge in [0.25, 0.3) is 0 Å². The van der Waals surface area contributed by atoms with Crippen molar-refractivity contribution in [2.45, 2.75) is 39.5 Å². The first kappa shape index (κ1) is 15.3. The number of halogens is 1. The van der Waals surface area contributed by atoms with E-state index >= 15 is 0 Å². The predicted octanol–water partition coefficient (Wildman–Crippen LogP) is 3.64. The first-order chi connectivity index (χ1) is 9.47. The first-order valence-electron chi connectivity index (χ1n) is 7.13. The molecule has 4 nitrogen and oxygen atoms in total. The Balaban J connectivity index is 2.50. The number of anilines is 1. The van der Waals surface area contributed by atoms with Gasteiger partial charge in [0.05, 0.1) is 5.69 Å². The summed E-state index contributed by atoms with van der Waals surface area (Å²) in [7, 11) is 0. The Hall–Kier alpha value is -1.10. The van der Waals surface area contributed by atoms with Crippen molar-refractivity contribution in [1.29, 1.82) is 0 Å². The van der Waals surface area contributed by atoms with E-state index in [0.29, 0.717) is 0 Å². The molecule has 0 spiro atoms. The third-order valence-corrected chi connectivity index (χ3v) is 3.64. The van der Waals surface area contributed by atoms with Crippen molar-refractivity contribution in [3.05, 3.63) is 24.2 Å². The van der Waals surface area contributed by atoms with Crippen LogP contribution in [0.5, 0.6) is 0 Å². The van der Waals surface area contributed by atoms with Gasteiger partial charge in [-0.05, 0) is 12.5 Å². The van der Waals surface area contributed by atoms with Crippen LogP contribution >= 0.6 is 15.9 Å². The van der Waals surface area contributed by atoms with Gasteiger partial charge in [-0.25, -0.2) is 9.50 Å². The maximum atomic E-state index is 4.69. The van der Waals surface area contributed by atoms with Crippen LogP contribution in [0.3, 0.4) is 0 Å². The summed E-state index contributed by atoms with van der Waals surface area (Å²) in [5, 5.41) is 5.63. The molecule has 2 heterocycles. The standard InChI is InChI=1S/C15H23BrN4/c1-5-8-19(9-6-16)14-12-11-13(15(2,3)4)18-20(12)10-7-17-14/h7,10-11H,5-6,8-9H2,1-4H3. The van der Waals surface area contributed by atoms with Crippen LogP contribution in [0, 0.1) is 0 Å². The van der Waals surface area contributed by atoms with Gasteiger partial charge in [0.15, 0.2) is 5.82 Å². The minimum absolute atomic E-state index is 0.0499. The molecule has 0 saturated carbocycles. The Morgan fingerprint density at radius 1 is 1.30 bits per heavy atom. The second kappa shape index (κ2) is 6.12. The lowest BCUT2D eigenvalue weighted by molar-refractivity contribution is 0.562. The zero-order valence-corrected chi connectivity index (χ0v) is 14.3. The molecule has 0 unspecified atom stereocenters. The zero-order chi connectivity index (χ0) is 14.8. The van der Waals surface area contributed by atoms with Crippen molar-refractivity contribution in [3.63, 3.8) is 0 Å². The third kappa shape index (κ3) is 3.14. The van der Waals surface area contributed by atoms with Crippen molar-refractivity contribution < 1.29 is 0 Å². The molecule has 0 fully saturated rings. The van der Waals surface area contributed by atoms with Crippen LogP contribution in [0.2, 0.25) is 0 Å². The summed E-state index contributed by atoms with van der Waals surface area (Å²) in [6, 6.07) is 2.17. The Labute approximate surface area is 129 Å². The lowest BCUT2D eigenvalue weighted by Gasteiger charge is -2.22. The lowest BCUT2D eigenvalue weighted by atomic mass is 9.92. The zero-order valence-electron chi connectivity index (χ0n) is 12.7. The van der Waals surface area contributed by atoms with Crippen LogP contribution in [0.4, 0.5) is 5.82 Å². The number of fused-ring (bicyclic) bond motifs is 1. The van der Waals surface area contributed by atoms with Crippen molar-refractivity contribution >= 4 is 27.3 Å². The molecule has 110 valence electrons. The van der Waals surface area contributed by atoms with Gasteiger partial charge in [0.1, 0.15) is 5.52 Å². The molecule has 0 aromatic carbocycles. The summed E-state index contributed by atoms with van der Waals surface area (Å²) in [4.78, 5) is 6.90. The van der Waals surface area contributed by atoms with Gasteiger partial charge in [-0.15, -0.1) is 0 Å². The van der Waals surface area contributed by atoms with Gasteiger partial charge < -0.3 is 4.90 Å². The van der Waals surface area contributed by atoms with E-state index in [4.69, 9.17) is 0 Å². The molecular weight excluding hydrogens is 316 g/mol. The van der Waals surface area contributed by atoms with E-state index < -0.39 is 0 Å². The molecule has 0 amide bonds. The summed E-state index contributed by atoms with van der Waals surface area (Å²) < 4.78 is 1.94.